The standard InChI is InChI=1S/C14H21ClN2/c15-13-5-3-4-12(10-13)11-17-9-2-1-6-14(17)7-8-16/h3-5,10,14H,1-2,6-9,11,16H2. The lowest BCUT2D eigenvalue weighted by molar-refractivity contribution is 0.134. The zero-order chi connectivity index (χ0) is 12.1. The molecule has 1 fully saturated rings. The summed E-state index contributed by atoms with van der Waals surface area (Å²) in [5, 5.41) is 0.829. The third kappa shape index (κ3) is 3.70. The first-order chi connectivity index (χ1) is 8.29. The summed E-state index contributed by atoms with van der Waals surface area (Å²) >= 11 is 6.02. The van der Waals surface area contributed by atoms with Gasteiger partial charge in [0.05, 0.1) is 0 Å². The summed E-state index contributed by atoms with van der Waals surface area (Å²) in [6.45, 7) is 2.99. The predicted octanol–water partition coefficient (Wildman–Crippen LogP) is 3.04. The van der Waals surface area contributed by atoms with Crippen molar-refractivity contribution >= 4 is 11.6 Å². The van der Waals surface area contributed by atoms with Crippen molar-refractivity contribution in [2.75, 3.05) is 13.1 Å². The Bertz CT molecular complexity index is 352. The Morgan fingerprint density at radius 1 is 1.35 bits per heavy atom. The molecular weight excluding hydrogens is 232 g/mol. The van der Waals surface area contributed by atoms with Gasteiger partial charge in [-0.1, -0.05) is 30.2 Å². The first-order valence-corrected chi connectivity index (χ1v) is 6.86. The lowest BCUT2D eigenvalue weighted by atomic mass is 9.98. The van der Waals surface area contributed by atoms with E-state index in [1.807, 2.05) is 12.1 Å². The van der Waals surface area contributed by atoms with Crippen LogP contribution in [0.15, 0.2) is 24.3 Å². The van der Waals surface area contributed by atoms with E-state index in [-0.39, 0.29) is 0 Å². The number of hydrogen-bond donors (Lipinski definition) is 1. The van der Waals surface area contributed by atoms with Gasteiger partial charge >= 0.3 is 0 Å². The monoisotopic (exact) mass is 252 g/mol. The van der Waals surface area contributed by atoms with Gasteiger partial charge < -0.3 is 5.73 Å². The molecule has 1 unspecified atom stereocenters. The summed E-state index contributed by atoms with van der Waals surface area (Å²) in [7, 11) is 0. The highest BCUT2D eigenvalue weighted by Crippen LogP contribution is 2.22. The third-order valence-corrected chi connectivity index (χ3v) is 3.76. The van der Waals surface area contributed by atoms with Gasteiger partial charge in [0.15, 0.2) is 0 Å². The zero-order valence-electron chi connectivity index (χ0n) is 10.2. The van der Waals surface area contributed by atoms with Crippen LogP contribution in [-0.2, 0) is 6.54 Å². The second-order valence-electron chi connectivity index (χ2n) is 4.83. The molecule has 0 amide bonds. The molecule has 1 saturated heterocycles. The molecule has 0 bridgehead atoms. The number of rotatable bonds is 4. The zero-order valence-corrected chi connectivity index (χ0v) is 11.0. The molecule has 2 rings (SSSR count). The van der Waals surface area contributed by atoms with E-state index in [1.165, 1.54) is 31.4 Å². The number of nitrogens with two attached hydrogens (primary N) is 1. The van der Waals surface area contributed by atoms with E-state index in [4.69, 9.17) is 17.3 Å². The predicted molar refractivity (Wildman–Crippen MR) is 73.2 cm³/mol. The maximum atomic E-state index is 6.02. The van der Waals surface area contributed by atoms with Gasteiger partial charge in [0.2, 0.25) is 0 Å². The molecule has 2 N–H and O–H groups in total. The minimum atomic E-state index is 0.660. The molecule has 1 aliphatic rings. The molecule has 0 saturated carbocycles. The van der Waals surface area contributed by atoms with Crippen molar-refractivity contribution in [1.82, 2.24) is 4.90 Å². The number of piperidine rings is 1. The number of likely N-dealkylation sites (tertiary alicyclic amines) is 1. The average Bonchev–Trinajstić information content (AvgIpc) is 2.32. The van der Waals surface area contributed by atoms with Gasteiger partial charge in [0.1, 0.15) is 0 Å². The lowest BCUT2D eigenvalue weighted by Gasteiger charge is -2.35. The second kappa shape index (κ2) is 6.39. The van der Waals surface area contributed by atoms with Crippen molar-refractivity contribution in [1.29, 1.82) is 0 Å². The lowest BCUT2D eigenvalue weighted by Crippen LogP contribution is -2.40. The van der Waals surface area contributed by atoms with Crippen LogP contribution >= 0.6 is 11.6 Å². The van der Waals surface area contributed by atoms with E-state index in [9.17, 15) is 0 Å². The maximum absolute atomic E-state index is 6.02. The van der Waals surface area contributed by atoms with Gasteiger partial charge in [-0.15, -0.1) is 0 Å². The summed E-state index contributed by atoms with van der Waals surface area (Å²) in [6.07, 6.45) is 5.05. The summed E-state index contributed by atoms with van der Waals surface area (Å²) < 4.78 is 0. The van der Waals surface area contributed by atoms with E-state index in [0.29, 0.717) is 6.04 Å². The van der Waals surface area contributed by atoms with Crippen LogP contribution in [0.5, 0.6) is 0 Å². The quantitative estimate of drug-likeness (QED) is 0.893. The summed E-state index contributed by atoms with van der Waals surface area (Å²) in [6, 6.07) is 8.83. The van der Waals surface area contributed by atoms with Crippen LogP contribution in [-0.4, -0.2) is 24.0 Å². The van der Waals surface area contributed by atoms with E-state index in [0.717, 1.165) is 24.5 Å². The van der Waals surface area contributed by atoms with E-state index in [1.54, 1.807) is 0 Å². The fourth-order valence-electron chi connectivity index (χ4n) is 2.66. The number of nitrogens with zero attached hydrogens (tertiary/aromatic N) is 1. The van der Waals surface area contributed by atoms with Crippen LogP contribution < -0.4 is 5.73 Å². The summed E-state index contributed by atoms with van der Waals surface area (Å²) in [4.78, 5) is 2.56. The molecule has 0 radical (unpaired) electrons. The Balaban J connectivity index is 2.00. The van der Waals surface area contributed by atoms with Crippen molar-refractivity contribution in [3.05, 3.63) is 34.9 Å². The van der Waals surface area contributed by atoms with Crippen LogP contribution in [0.3, 0.4) is 0 Å². The molecule has 17 heavy (non-hydrogen) atoms. The van der Waals surface area contributed by atoms with E-state index >= 15 is 0 Å². The maximum Gasteiger partial charge on any atom is 0.0409 e. The van der Waals surface area contributed by atoms with Gasteiger partial charge in [-0.2, -0.15) is 0 Å². The largest absolute Gasteiger partial charge is 0.330 e. The van der Waals surface area contributed by atoms with Crippen LogP contribution in [0, 0.1) is 0 Å². The van der Waals surface area contributed by atoms with Crippen LogP contribution in [0.25, 0.3) is 0 Å². The van der Waals surface area contributed by atoms with Crippen LogP contribution in [0.2, 0.25) is 5.02 Å². The number of benzene rings is 1. The Kier molecular flexibility index (Phi) is 4.84. The van der Waals surface area contributed by atoms with Crippen molar-refractivity contribution < 1.29 is 0 Å². The first kappa shape index (κ1) is 12.9. The minimum absolute atomic E-state index is 0.660. The highest BCUT2D eigenvalue weighted by Gasteiger charge is 2.21. The normalized spacial score (nSPS) is 21.6. The Morgan fingerprint density at radius 3 is 3.00 bits per heavy atom. The number of hydrogen-bond acceptors (Lipinski definition) is 2. The Labute approximate surface area is 109 Å². The van der Waals surface area contributed by atoms with Gasteiger partial charge in [0, 0.05) is 17.6 Å². The molecule has 0 aliphatic carbocycles. The topological polar surface area (TPSA) is 29.3 Å². The SMILES string of the molecule is NCCC1CCCCN1Cc1cccc(Cl)c1. The second-order valence-corrected chi connectivity index (χ2v) is 5.26. The van der Waals surface area contributed by atoms with Crippen LogP contribution in [0.4, 0.5) is 0 Å². The van der Waals surface area contributed by atoms with Gasteiger partial charge in [-0.3, -0.25) is 4.90 Å². The van der Waals surface area contributed by atoms with Gasteiger partial charge in [0.25, 0.3) is 0 Å². The molecule has 94 valence electrons. The van der Waals surface area contributed by atoms with Crippen molar-refractivity contribution in [3.8, 4) is 0 Å². The Hall–Kier alpha value is -0.570. The molecule has 1 aromatic carbocycles. The smallest absolute Gasteiger partial charge is 0.0409 e. The number of halogens is 1. The highest BCUT2D eigenvalue weighted by atomic mass is 35.5. The third-order valence-electron chi connectivity index (χ3n) is 3.52. The fourth-order valence-corrected chi connectivity index (χ4v) is 2.87. The molecular formula is C14H21ClN2. The van der Waals surface area contributed by atoms with Crippen molar-refractivity contribution in [2.24, 2.45) is 5.73 Å². The van der Waals surface area contributed by atoms with Crippen molar-refractivity contribution in [2.45, 2.75) is 38.3 Å². The van der Waals surface area contributed by atoms with Gasteiger partial charge in [-0.25, -0.2) is 0 Å². The molecule has 1 atom stereocenters. The van der Waals surface area contributed by atoms with Crippen molar-refractivity contribution in [3.63, 3.8) is 0 Å². The molecule has 0 spiro atoms. The van der Waals surface area contributed by atoms with E-state index in [2.05, 4.69) is 17.0 Å². The first-order valence-electron chi connectivity index (χ1n) is 6.48. The molecule has 2 nitrogen and oxygen atoms in total. The van der Waals surface area contributed by atoms with Gasteiger partial charge in [-0.05, 0) is 50.0 Å². The fraction of sp³-hybridized carbons (Fsp3) is 0.571. The van der Waals surface area contributed by atoms with E-state index < -0.39 is 0 Å². The summed E-state index contributed by atoms with van der Waals surface area (Å²) in [5.41, 5.74) is 7.00. The van der Waals surface area contributed by atoms with Crippen LogP contribution in [0.1, 0.15) is 31.2 Å². The summed E-state index contributed by atoms with van der Waals surface area (Å²) in [5.74, 6) is 0. The average molecular weight is 253 g/mol. The molecule has 0 aromatic heterocycles. The molecule has 3 heteroatoms. The molecule has 1 heterocycles. The molecule has 1 aromatic rings. The highest BCUT2D eigenvalue weighted by molar-refractivity contribution is 6.30. The minimum Gasteiger partial charge on any atom is -0.330 e. The molecule has 1 aliphatic heterocycles. The Morgan fingerprint density at radius 2 is 2.24 bits per heavy atom.